The third-order valence-corrected chi connectivity index (χ3v) is 5.86. The van der Waals surface area contributed by atoms with Gasteiger partial charge in [0.2, 0.25) is 5.91 Å². The van der Waals surface area contributed by atoms with Crippen LogP contribution in [0.1, 0.15) is 40.7 Å². The first-order chi connectivity index (χ1) is 12.6. The van der Waals surface area contributed by atoms with E-state index in [1.165, 1.54) is 16.7 Å². The normalized spacial score (nSPS) is 23.4. The molecule has 1 heterocycles. The molecule has 1 amide bonds. The molecule has 4 rings (SSSR count). The molecule has 2 aromatic rings. The van der Waals surface area contributed by atoms with E-state index < -0.39 is 5.91 Å². The van der Waals surface area contributed by atoms with Crippen LogP contribution in [0.5, 0.6) is 0 Å². The van der Waals surface area contributed by atoms with Crippen LogP contribution in [0, 0.1) is 0 Å². The van der Waals surface area contributed by atoms with Gasteiger partial charge in [-0.2, -0.15) is 0 Å². The summed E-state index contributed by atoms with van der Waals surface area (Å²) in [6.45, 7) is 1.94. The Morgan fingerprint density at radius 2 is 1.81 bits per heavy atom. The first-order valence-electron chi connectivity index (χ1n) is 9.54. The number of carbonyl (C=O) groups is 1. The van der Waals surface area contributed by atoms with E-state index in [2.05, 4.69) is 23.1 Å². The van der Waals surface area contributed by atoms with Crippen LogP contribution in [0.4, 0.5) is 0 Å². The molecule has 4 nitrogen and oxygen atoms in total. The molecule has 2 unspecified atom stereocenters. The van der Waals surface area contributed by atoms with Crippen LogP contribution in [0.25, 0.3) is 11.1 Å². The van der Waals surface area contributed by atoms with Gasteiger partial charge in [0.1, 0.15) is 0 Å². The molecule has 26 heavy (non-hydrogen) atoms. The number of hydrogen-bond acceptors (Lipinski definition) is 3. The Kier molecular flexibility index (Phi) is 4.79. The molecule has 1 aliphatic carbocycles. The standard InChI is InChI=1S/C22H26N2O2/c23-22(26)16-5-3-15(4-6-16)17-7-8-19-13-20(10-9-18(19)12-17)24-11-1-2-21(25)14-24/h3-8,12,20-21,25H,1-2,9-11,13-14H2,(H2,23,26). The molecule has 2 atom stereocenters. The average molecular weight is 350 g/mol. The van der Waals surface area contributed by atoms with Crippen molar-refractivity contribution >= 4 is 5.91 Å². The lowest BCUT2D eigenvalue weighted by Crippen LogP contribution is -2.46. The van der Waals surface area contributed by atoms with Gasteiger partial charge in [-0.3, -0.25) is 9.69 Å². The Hall–Kier alpha value is -2.17. The van der Waals surface area contributed by atoms with E-state index >= 15 is 0 Å². The predicted octanol–water partition coefficient (Wildman–Crippen LogP) is 2.77. The van der Waals surface area contributed by atoms with Crippen molar-refractivity contribution in [1.29, 1.82) is 0 Å². The molecule has 0 aromatic heterocycles. The Balaban J connectivity index is 1.51. The SMILES string of the molecule is NC(=O)c1ccc(-c2ccc3c(c2)CCC(N2CCCC(O)C2)C3)cc1. The Morgan fingerprint density at radius 3 is 2.54 bits per heavy atom. The predicted molar refractivity (Wildman–Crippen MR) is 103 cm³/mol. The van der Waals surface area contributed by atoms with Gasteiger partial charge in [0.25, 0.3) is 0 Å². The summed E-state index contributed by atoms with van der Waals surface area (Å²) in [5, 5.41) is 9.95. The summed E-state index contributed by atoms with van der Waals surface area (Å²) >= 11 is 0. The number of aliphatic hydroxyl groups excluding tert-OH is 1. The molecule has 0 spiro atoms. The molecule has 0 radical (unpaired) electrons. The summed E-state index contributed by atoms with van der Waals surface area (Å²) in [5.74, 6) is -0.393. The third kappa shape index (κ3) is 3.53. The monoisotopic (exact) mass is 350 g/mol. The summed E-state index contributed by atoms with van der Waals surface area (Å²) in [6.07, 6.45) is 5.20. The average Bonchev–Trinajstić information content (AvgIpc) is 2.67. The van der Waals surface area contributed by atoms with Crippen molar-refractivity contribution in [2.75, 3.05) is 13.1 Å². The van der Waals surface area contributed by atoms with Crippen molar-refractivity contribution in [3.8, 4) is 11.1 Å². The molecule has 136 valence electrons. The first-order valence-corrected chi connectivity index (χ1v) is 9.54. The van der Waals surface area contributed by atoms with Crippen molar-refractivity contribution < 1.29 is 9.90 Å². The first kappa shape index (κ1) is 17.3. The van der Waals surface area contributed by atoms with Gasteiger partial charge in [0, 0.05) is 18.2 Å². The van der Waals surface area contributed by atoms with Crippen molar-refractivity contribution in [2.24, 2.45) is 5.73 Å². The number of rotatable bonds is 3. The highest BCUT2D eigenvalue weighted by molar-refractivity contribution is 5.93. The molecule has 1 saturated heterocycles. The summed E-state index contributed by atoms with van der Waals surface area (Å²) in [4.78, 5) is 13.7. The van der Waals surface area contributed by atoms with Crippen LogP contribution in [-0.4, -0.2) is 41.1 Å². The fraction of sp³-hybridized carbons (Fsp3) is 0.409. The number of β-amino-alcohol motifs (C(OH)–C–C–N with tert-alkyl or cyclic N) is 1. The van der Waals surface area contributed by atoms with Crippen LogP contribution in [-0.2, 0) is 12.8 Å². The fourth-order valence-corrected chi connectivity index (χ4v) is 4.37. The summed E-state index contributed by atoms with van der Waals surface area (Å²) in [6, 6.07) is 14.8. The number of aliphatic hydroxyl groups is 1. The molecule has 2 aromatic carbocycles. The zero-order valence-corrected chi connectivity index (χ0v) is 15.0. The van der Waals surface area contributed by atoms with Crippen molar-refractivity contribution in [3.63, 3.8) is 0 Å². The number of fused-ring (bicyclic) bond motifs is 1. The van der Waals surface area contributed by atoms with Crippen LogP contribution in [0.2, 0.25) is 0 Å². The molecule has 3 N–H and O–H groups in total. The van der Waals surface area contributed by atoms with E-state index in [-0.39, 0.29) is 6.10 Å². The Bertz CT molecular complexity index is 800. The number of amides is 1. The minimum absolute atomic E-state index is 0.157. The minimum Gasteiger partial charge on any atom is -0.392 e. The molecule has 0 saturated carbocycles. The van der Waals surface area contributed by atoms with E-state index in [9.17, 15) is 9.90 Å². The molecular formula is C22H26N2O2. The number of carbonyl (C=O) groups excluding carboxylic acids is 1. The van der Waals surface area contributed by atoms with Gasteiger partial charge < -0.3 is 10.8 Å². The van der Waals surface area contributed by atoms with E-state index in [1.54, 1.807) is 12.1 Å². The van der Waals surface area contributed by atoms with Crippen LogP contribution >= 0.6 is 0 Å². The van der Waals surface area contributed by atoms with E-state index in [0.717, 1.165) is 50.8 Å². The summed E-state index contributed by atoms with van der Waals surface area (Å²) in [7, 11) is 0. The van der Waals surface area contributed by atoms with Crippen molar-refractivity contribution in [3.05, 3.63) is 59.2 Å². The second-order valence-corrected chi connectivity index (χ2v) is 7.61. The number of hydrogen-bond donors (Lipinski definition) is 2. The zero-order valence-electron chi connectivity index (χ0n) is 15.0. The fourth-order valence-electron chi connectivity index (χ4n) is 4.37. The van der Waals surface area contributed by atoms with Crippen LogP contribution in [0.3, 0.4) is 0 Å². The maximum absolute atomic E-state index is 11.2. The lowest BCUT2D eigenvalue weighted by molar-refractivity contribution is 0.0426. The Morgan fingerprint density at radius 1 is 1.04 bits per heavy atom. The van der Waals surface area contributed by atoms with Gasteiger partial charge in [0.05, 0.1) is 6.10 Å². The maximum Gasteiger partial charge on any atom is 0.248 e. The minimum atomic E-state index is -0.393. The highest BCUT2D eigenvalue weighted by atomic mass is 16.3. The second kappa shape index (κ2) is 7.22. The van der Waals surface area contributed by atoms with Gasteiger partial charge in [-0.25, -0.2) is 0 Å². The summed E-state index contributed by atoms with van der Waals surface area (Å²) < 4.78 is 0. The van der Waals surface area contributed by atoms with Gasteiger partial charge in [-0.1, -0.05) is 30.3 Å². The van der Waals surface area contributed by atoms with Crippen molar-refractivity contribution in [1.82, 2.24) is 4.90 Å². The molecular weight excluding hydrogens is 324 g/mol. The molecule has 1 aliphatic heterocycles. The maximum atomic E-state index is 11.2. The van der Waals surface area contributed by atoms with Gasteiger partial charge in [-0.05, 0) is 73.0 Å². The number of benzene rings is 2. The molecule has 0 bridgehead atoms. The molecule has 4 heteroatoms. The van der Waals surface area contributed by atoms with Crippen molar-refractivity contribution in [2.45, 2.75) is 44.2 Å². The second-order valence-electron chi connectivity index (χ2n) is 7.61. The lowest BCUT2D eigenvalue weighted by Gasteiger charge is -2.39. The summed E-state index contributed by atoms with van der Waals surface area (Å²) in [5.41, 5.74) is 11.0. The number of primary amides is 1. The lowest BCUT2D eigenvalue weighted by atomic mass is 9.85. The molecule has 1 fully saturated rings. The smallest absolute Gasteiger partial charge is 0.248 e. The highest BCUT2D eigenvalue weighted by Gasteiger charge is 2.28. The van der Waals surface area contributed by atoms with E-state index in [1.807, 2.05) is 12.1 Å². The number of nitrogens with zero attached hydrogens (tertiary/aromatic N) is 1. The van der Waals surface area contributed by atoms with Crippen LogP contribution < -0.4 is 5.73 Å². The van der Waals surface area contributed by atoms with Crippen LogP contribution in [0.15, 0.2) is 42.5 Å². The van der Waals surface area contributed by atoms with Gasteiger partial charge in [0.15, 0.2) is 0 Å². The zero-order chi connectivity index (χ0) is 18.1. The molecule has 2 aliphatic rings. The Labute approximate surface area is 154 Å². The van der Waals surface area contributed by atoms with Gasteiger partial charge >= 0.3 is 0 Å². The van der Waals surface area contributed by atoms with E-state index in [4.69, 9.17) is 5.73 Å². The number of piperidine rings is 1. The van der Waals surface area contributed by atoms with E-state index in [0.29, 0.717) is 11.6 Å². The highest BCUT2D eigenvalue weighted by Crippen LogP contribution is 2.30. The number of nitrogens with two attached hydrogens (primary N) is 1. The number of likely N-dealkylation sites (tertiary alicyclic amines) is 1. The topological polar surface area (TPSA) is 66.6 Å². The largest absolute Gasteiger partial charge is 0.392 e. The van der Waals surface area contributed by atoms with Gasteiger partial charge in [-0.15, -0.1) is 0 Å². The third-order valence-electron chi connectivity index (χ3n) is 5.86. The quantitative estimate of drug-likeness (QED) is 0.894. The number of aryl methyl sites for hydroxylation is 1.